The molecule has 0 spiro atoms. The maximum atomic E-state index is 6.05. The van der Waals surface area contributed by atoms with Gasteiger partial charge in [-0.25, -0.2) is 9.97 Å². The number of aromatic nitrogens is 2. The zero-order valence-electron chi connectivity index (χ0n) is 8.63. The van der Waals surface area contributed by atoms with Crippen LogP contribution in [0, 0.1) is 0 Å². The van der Waals surface area contributed by atoms with Crippen molar-refractivity contribution in [3.63, 3.8) is 0 Å². The Kier molecular flexibility index (Phi) is 3.44. The molecule has 3 nitrogen and oxygen atoms in total. The van der Waals surface area contributed by atoms with E-state index in [2.05, 4.69) is 21.8 Å². The SMILES string of the molecule is CCCN1CCc2nc(Cl)nc(Cl)c2C1. The van der Waals surface area contributed by atoms with Crippen molar-refractivity contribution in [2.45, 2.75) is 26.3 Å². The zero-order chi connectivity index (χ0) is 10.8. The molecule has 0 saturated carbocycles. The van der Waals surface area contributed by atoms with Gasteiger partial charge in [0.05, 0.1) is 5.69 Å². The molecule has 15 heavy (non-hydrogen) atoms. The van der Waals surface area contributed by atoms with Crippen LogP contribution in [0.25, 0.3) is 0 Å². The van der Waals surface area contributed by atoms with Crippen molar-refractivity contribution in [2.75, 3.05) is 13.1 Å². The topological polar surface area (TPSA) is 29.0 Å². The first-order chi connectivity index (χ1) is 7.20. The summed E-state index contributed by atoms with van der Waals surface area (Å²) >= 11 is 11.8. The Bertz CT molecular complexity index is 368. The molecule has 0 unspecified atom stereocenters. The van der Waals surface area contributed by atoms with E-state index in [1.807, 2.05) is 0 Å². The lowest BCUT2D eigenvalue weighted by molar-refractivity contribution is 0.252. The molecule has 0 radical (unpaired) electrons. The Hall–Kier alpha value is -0.380. The molecule has 2 heterocycles. The quantitative estimate of drug-likeness (QED) is 0.593. The van der Waals surface area contributed by atoms with E-state index in [0.29, 0.717) is 5.15 Å². The number of rotatable bonds is 2. The van der Waals surface area contributed by atoms with E-state index in [-0.39, 0.29) is 5.28 Å². The first-order valence-corrected chi connectivity index (χ1v) is 5.89. The van der Waals surface area contributed by atoms with Gasteiger partial charge in [-0.15, -0.1) is 0 Å². The number of nitrogens with zero attached hydrogens (tertiary/aromatic N) is 3. The monoisotopic (exact) mass is 245 g/mol. The van der Waals surface area contributed by atoms with Crippen molar-refractivity contribution < 1.29 is 0 Å². The minimum Gasteiger partial charge on any atom is -0.299 e. The molecule has 0 saturated heterocycles. The molecule has 0 fully saturated rings. The summed E-state index contributed by atoms with van der Waals surface area (Å²) in [5.41, 5.74) is 2.05. The van der Waals surface area contributed by atoms with Gasteiger partial charge in [-0.1, -0.05) is 18.5 Å². The fourth-order valence-electron chi connectivity index (χ4n) is 1.91. The van der Waals surface area contributed by atoms with Gasteiger partial charge in [0.1, 0.15) is 5.15 Å². The molecule has 5 heteroatoms. The van der Waals surface area contributed by atoms with E-state index in [1.54, 1.807) is 0 Å². The van der Waals surface area contributed by atoms with E-state index >= 15 is 0 Å². The second-order valence-electron chi connectivity index (χ2n) is 3.73. The Morgan fingerprint density at radius 2 is 2.13 bits per heavy atom. The Morgan fingerprint density at radius 1 is 1.33 bits per heavy atom. The van der Waals surface area contributed by atoms with E-state index < -0.39 is 0 Å². The highest BCUT2D eigenvalue weighted by molar-refractivity contribution is 6.32. The van der Waals surface area contributed by atoms with Crippen LogP contribution in [0.1, 0.15) is 24.6 Å². The van der Waals surface area contributed by atoms with E-state index in [4.69, 9.17) is 23.2 Å². The molecule has 0 atom stereocenters. The van der Waals surface area contributed by atoms with Gasteiger partial charge < -0.3 is 0 Å². The van der Waals surface area contributed by atoms with Gasteiger partial charge in [0.2, 0.25) is 5.28 Å². The largest absolute Gasteiger partial charge is 0.299 e. The van der Waals surface area contributed by atoms with Crippen LogP contribution in [0.15, 0.2) is 0 Å². The summed E-state index contributed by atoms with van der Waals surface area (Å²) < 4.78 is 0. The van der Waals surface area contributed by atoms with Crippen LogP contribution in [0.2, 0.25) is 10.4 Å². The lowest BCUT2D eigenvalue weighted by Crippen LogP contribution is -2.32. The number of hydrogen-bond acceptors (Lipinski definition) is 3. The predicted molar refractivity (Wildman–Crippen MR) is 61.3 cm³/mol. The fourth-order valence-corrected chi connectivity index (χ4v) is 2.39. The third-order valence-electron chi connectivity index (χ3n) is 2.60. The summed E-state index contributed by atoms with van der Waals surface area (Å²) in [5, 5.41) is 0.758. The first-order valence-electron chi connectivity index (χ1n) is 5.14. The predicted octanol–water partition coefficient (Wildman–Crippen LogP) is 2.55. The number of fused-ring (bicyclic) bond motifs is 1. The minimum atomic E-state index is 0.252. The summed E-state index contributed by atoms with van der Waals surface area (Å²) in [6, 6.07) is 0. The second kappa shape index (κ2) is 4.64. The minimum absolute atomic E-state index is 0.252. The average molecular weight is 246 g/mol. The third kappa shape index (κ3) is 2.41. The van der Waals surface area contributed by atoms with Gasteiger partial charge in [0, 0.05) is 25.1 Å². The summed E-state index contributed by atoms with van der Waals surface area (Å²) in [6.07, 6.45) is 2.07. The molecule has 0 aromatic carbocycles. The van der Waals surface area contributed by atoms with E-state index in [1.165, 1.54) is 0 Å². The highest BCUT2D eigenvalue weighted by Gasteiger charge is 2.20. The van der Waals surface area contributed by atoms with Crippen molar-refractivity contribution in [1.29, 1.82) is 0 Å². The third-order valence-corrected chi connectivity index (χ3v) is 3.08. The van der Waals surface area contributed by atoms with Crippen LogP contribution in [0.3, 0.4) is 0 Å². The fraction of sp³-hybridized carbons (Fsp3) is 0.600. The molecule has 1 aliphatic rings. The lowest BCUT2D eigenvalue weighted by atomic mass is 10.1. The summed E-state index contributed by atoms with van der Waals surface area (Å²) in [5.74, 6) is 0. The molecule has 1 aromatic heterocycles. The zero-order valence-corrected chi connectivity index (χ0v) is 10.1. The molecule has 0 N–H and O–H groups in total. The molecule has 82 valence electrons. The molecule has 0 aliphatic carbocycles. The molecule has 0 bridgehead atoms. The van der Waals surface area contributed by atoms with E-state index in [0.717, 1.165) is 43.7 Å². The normalized spacial score (nSPS) is 16.5. The van der Waals surface area contributed by atoms with Crippen LogP contribution >= 0.6 is 23.2 Å². The van der Waals surface area contributed by atoms with Crippen LogP contribution in [0.5, 0.6) is 0 Å². The van der Waals surface area contributed by atoms with Crippen LogP contribution in [0.4, 0.5) is 0 Å². The molecule has 1 aromatic rings. The number of halogens is 2. The summed E-state index contributed by atoms with van der Waals surface area (Å²) in [6.45, 7) is 5.15. The van der Waals surface area contributed by atoms with Gasteiger partial charge >= 0.3 is 0 Å². The van der Waals surface area contributed by atoms with Gasteiger partial charge in [0.25, 0.3) is 0 Å². The summed E-state index contributed by atoms with van der Waals surface area (Å²) in [7, 11) is 0. The first kappa shape index (κ1) is 11.1. The molecule has 1 aliphatic heterocycles. The maximum absolute atomic E-state index is 6.05. The Morgan fingerprint density at radius 3 is 2.87 bits per heavy atom. The highest BCUT2D eigenvalue weighted by Crippen LogP contribution is 2.24. The van der Waals surface area contributed by atoms with Crippen molar-refractivity contribution >= 4 is 23.2 Å². The Labute approximate surface area is 99.4 Å². The molecule has 2 rings (SSSR count). The number of hydrogen-bond donors (Lipinski definition) is 0. The van der Waals surface area contributed by atoms with Gasteiger partial charge in [-0.05, 0) is 24.6 Å². The van der Waals surface area contributed by atoms with Crippen LogP contribution in [-0.4, -0.2) is 28.0 Å². The standard InChI is InChI=1S/C10H13Cl2N3/c1-2-4-15-5-3-8-7(6-15)9(11)14-10(12)13-8/h2-6H2,1H3. The maximum Gasteiger partial charge on any atom is 0.224 e. The lowest BCUT2D eigenvalue weighted by Gasteiger charge is -2.27. The second-order valence-corrected chi connectivity index (χ2v) is 4.43. The average Bonchev–Trinajstić information content (AvgIpc) is 2.19. The van der Waals surface area contributed by atoms with Crippen molar-refractivity contribution in [2.24, 2.45) is 0 Å². The van der Waals surface area contributed by atoms with Gasteiger partial charge in [0.15, 0.2) is 0 Å². The smallest absolute Gasteiger partial charge is 0.224 e. The molecule has 0 amide bonds. The van der Waals surface area contributed by atoms with Crippen molar-refractivity contribution in [1.82, 2.24) is 14.9 Å². The van der Waals surface area contributed by atoms with Crippen LogP contribution < -0.4 is 0 Å². The molecular formula is C10H13Cl2N3. The van der Waals surface area contributed by atoms with Crippen molar-refractivity contribution in [3.8, 4) is 0 Å². The van der Waals surface area contributed by atoms with E-state index in [9.17, 15) is 0 Å². The highest BCUT2D eigenvalue weighted by atomic mass is 35.5. The van der Waals surface area contributed by atoms with Crippen molar-refractivity contribution in [3.05, 3.63) is 21.7 Å². The van der Waals surface area contributed by atoms with Gasteiger partial charge in [-0.3, -0.25) is 4.90 Å². The molecular weight excluding hydrogens is 233 g/mol. The van der Waals surface area contributed by atoms with Crippen LogP contribution in [-0.2, 0) is 13.0 Å². The van der Waals surface area contributed by atoms with Gasteiger partial charge in [-0.2, -0.15) is 0 Å². The summed E-state index contributed by atoms with van der Waals surface area (Å²) in [4.78, 5) is 10.6. The Balaban J connectivity index is 2.25.